The number of hydrogen-bond acceptors (Lipinski definition) is 3. The molecule has 1 atom stereocenters. The molecule has 2 aromatic carbocycles. The average molecular weight is 336 g/mol. The van der Waals surface area contributed by atoms with E-state index in [1.54, 1.807) is 19.2 Å². The molecule has 0 aliphatic carbocycles. The van der Waals surface area contributed by atoms with Crippen LogP contribution in [0, 0.1) is 0 Å². The molecule has 5 heteroatoms. The van der Waals surface area contributed by atoms with E-state index >= 15 is 0 Å². The minimum Gasteiger partial charge on any atom is -1.00 e. The fourth-order valence-electron chi connectivity index (χ4n) is 2.26. The lowest BCUT2D eigenvalue weighted by Gasteiger charge is -2.09. The third kappa shape index (κ3) is 6.02. The van der Waals surface area contributed by atoms with Gasteiger partial charge in [0.25, 0.3) is 0 Å². The van der Waals surface area contributed by atoms with Crippen LogP contribution in [-0.4, -0.2) is 31.1 Å². The number of carbonyl (C=O) groups is 1. The Labute approximate surface area is 142 Å². The molecule has 0 bridgehead atoms. The fourth-order valence-corrected chi connectivity index (χ4v) is 2.26. The monoisotopic (exact) mass is 335 g/mol. The van der Waals surface area contributed by atoms with Gasteiger partial charge in [0.1, 0.15) is 18.4 Å². The molecule has 0 spiro atoms. The normalized spacial score (nSPS) is 11.4. The van der Waals surface area contributed by atoms with Gasteiger partial charge < -0.3 is 27.6 Å². The quantitative estimate of drug-likeness (QED) is 0.459. The number of carbonyl (C=O) groups excluding carboxylic acids is 1. The van der Waals surface area contributed by atoms with Crippen LogP contribution in [0.15, 0.2) is 54.6 Å². The summed E-state index contributed by atoms with van der Waals surface area (Å²) in [6, 6.07) is 16.7. The Morgan fingerprint density at radius 2 is 1.91 bits per heavy atom. The molecule has 2 rings (SSSR count). The lowest BCUT2D eigenvalue weighted by atomic mass is 10.1. The number of nitrogens with two attached hydrogens (primary N) is 1. The maximum absolute atomic E-state index is 12.1. The van der Waals surface area contributed by atoms with Gasteiger partial charge in [-0.05, 0) is 17.7 Å². The van der Waals surface area contributed by atoms with Crippen LogP contribution in [0.2, 0.25) is 0 Å². The summed E-state index contributed by atoms with van der Waals surface area (Å²) in [4.78, 5) is 12.1. The number of methoxy groups -OCH3 is 1. The van der Waals surface area contributed by atoms with Gasteiger partial charge in [-0.1, -0.05) is 42.5 Å². The van der Waals surface area contributed by atoms with Crippen LogP contribution in [0.1, 0.15) is 28.4 Å². The molecule has 0 aromatic heterocycles. The molecule has 0 aliphatic rings. The summed E-state index contributed by atoms with van der Waals surface area (Å²) in [6.07, 6.45) is -0.0672. The maximum atomic E-state index is 12.1. The zero-order valence-electron chi connectivity index (χ0n) is 13.1. The Morgan fingerprint density at radius 3 is 2.61 bits per heavy atom. The Balaban J connectivity index is 0.00000264. The smallest absolute Gasteiger partial charge is 0.168 e. The van der Waals surface area contributed by atoms with Crippen molar-refractivity contribution in [3.05, 3.63) is 65.7 Å². The topological polar surface area (TPSA) is 63.1 Å². The predicted molar refractivity (Wildman–Crippen MR) is 85.0 cm³/mol. The summed E-state index contributed by atoms with van der Waals surface area (Å²) < 4.78 is 5.12. The molecular formula is C18H22ClNO3. The maximum Gasteiger partial charge on any atom is 0.168 e. The van der Waals surface area contributed by atoms with Crippen LogP contribution >= 0.6 is 0 Å². The Bertz CT molecular complexity index is 604. The van der Waals surface area contributed by atoms with Gasteiger partial charge in [0.2, 0.25) is 0 Å². The van der Waals surface area contributed by atoms with Crippen molar-refractivity contribution in [1.29, 1.82) is 0 Å². The summed E-state index contributed by atoms with van der Waals surface area (Å²) >= 11 is 0. The van der Waals surface area contributed by atoms with Crippen molar-refractivity contribution >= 4 is 5.78 Å². The summed E-state index contributed by atoms with van der Waals surface area (Å²) in [5, 5.41) is 12.0. The minimum absolute atomic E-state index is 0. The SMILES string of the molecule is COc1cccc(C(=O)CC[NH2+]CC(O)c2ccccc2)c1.[Cl-]. The first-order valence-electron chi connectivity index (χ1n) is 7.42. The number of Topliss-reactive ketones (excluding diaryl/α,β-unsaturated/α-hetero) is 1. The van der Waals surface area contributed by atoms with Gasteiger partial charge in [0.15, 0.2) is 5.78 Å². The highest BCUT2D eigenvalue weighted by Gasteiger charge is 2.11. The number of ether oxygens (including phenoxy) is 1. The molecule has 0 radical (unpaired) electrons. The molecule has 4 nitrogen and oxygen atoms in total. The molecule has 0 aliphatic heterocycles. The first kappa shape index (κ1) is 19.2. The van der Waals surface area contributed by atoms with Crippen molar-refractivity contribution in [1.82, 2.24) is 0 Å². The van der Waals surface area contributed by atoms with Crippen LogP contribution in [-0.2, 0) is 0 Å². The highest BCUT2D eigenvalue weighted by Crippen LogP contribution is 2.13. The Hall–Kier alpha value is -1.88. The molecule has 1 unspecified atom stereocenters. The van der Waals surface area contributed by atoms with Crippen molar-refractivity contribution in [2.45, 2.75) is 12.5 Å². The third-order valence-electron chi connectivity index (χ3n) is 3.54. The highest BCUT2D eigenvalue weighted by molar-refractivity contribution is 5.96. The van der Waals surface area contributed by atoms with Gasteiger partial charge in [-0.2, -0.15) is 0 Å². The number of ketones is 1. The minimum atomic E-state index is -0.506. The van der Waals surface area contributed by atoms with Gasteiger partial charge in [0, 0.05) is 5.56 Å². The number of hydrogen-bond donors (Lipinski definition) is 2. The van der Waals surface area contributed by atoms with Crippen molar-refractivity contribution in [2.24, 2.45) is 0 Å². The summed E-state index contributed by atoms with van der Waals surface area (Å²) in [5.74, 6) is 0.777. The molecule has 124 valence electrons. The Morgan fingerprint density at radius 1 is 1.17 bits per heavy atom. The zero-order chi connectivity index (χ0) is 15.8. The van der Waals surface area contributed by atoms with Crippen LogP contribution in [0.3, 0.4) is 0 Å². The second kappa shape index (κ2) is 10.0. The number of quaternary nitrogens is 1. The van der Waals surface area contributed by atoms with Gasteiger partial charge >= 0.3 is 0 Å². The van der Waals surface area contributed by atoms with Crippen molar-refractivity contribution < 1.29 is 32.4 Å². The van der Waals surface area contributed by atoms with Crippen LogP contribution in [0.5, 0.6) is 5.75 Å². The number of halogens is 1. The van der Waals surface area contributed by atoms with E-state index in [1.807, 2.05) is 47.8 Å². The fraction of sp³-hybridized carbons (Fsp3) is 0.278. The van der Waals surface area contributed by atoms with E-state index in [-0.39, 0.29) is 18.2 Å². The largest absolute Gasteiger partial charge is 1.00 e. The van der Waals surface area contributed by atoms with Crippen molar-refractivity contribution in [2.75, 3.05) is 20.2 Å². The van der Waals surface area contributed by atoms with Crippen LogP contribution in [0.4, 0.5) is 0 Å². The molecule has 0 fully saturated rings. The van der Waals surface area contributed by atoms with Crippen molar-refractivity contribution in [3.8, 4) is 5.75 Å². The number of rotatable bonds is 8. The van der Waals surface area contributed by atoms with E-state index in [4.69, 9.17) is 4.74 Å². The number of aliphatic hydroxyl groups excluding tert-OH is 1. The van der Waals surface area contributed by atoms with Gasteiger partial charge in [-0.25, -0.2) is 0 Å². The number of aliphatic hydroxyl groups is 1. The average Bonchev–Trinajstić information content (AvgIpc) is 2.59. The summed E-state index contributed by atoms with van der Waals surface area (Å²) in [5.41, 5.74) is 1.56. The summed E-state index contributed by atoms with van der Waals surface area (Å²) in [7, 11) is 1.59. The second-order valence-electron chi connectivity index (χ2n) is 5.14. The van der Waals surface area contributed by atoms with Gasteiger partial charge in [-0.15, -0.1) is 0 Å². The molecule has 0 saturated heterocycles. The lowest BCUT2D eigenvalue weighted by Crippen LogP contribution is -3.00. The van der Waals surface area contributed by atoms with E-state index in [9.17, 15) is 9.90 Å². The van der Waals surface area contributed by atoms with E-state index in [0.29, 0.717) is 30.8 Å². The highest BCUT2D eigenvalue weighted by atomic mass is 35.5. The van der Waals surface area contributed by atoms with Gasteiger partial charge in [0.05, 0.1) is 20.1 Å². The number of benzene rings is 2. The van der Waals surface area contributed by atoms with E-state index in [2.05, 4.69) is 0 Å². The summed E-state index contributed by atoms with van der Waals surface area (Å²) in [6.45, 7) is 1.20. The Kier molecular flexibility index (Phi) is 8.33. The zero-order valence-corrected chi connectivity index (χ0v) is 13.9. The molecule has 0 amide bonds. The molecular weight excluding hydrogens is 314 g/mol. The lowest BCUT2D eigenvalue weighted by molar-refractivity contribution is -0.660. The van der Waals surface area contributed by atoms with Crippen LogP contribution in [0.25, 0.3) is 0 Å². The third-order valence-corrected chi connectivity index (χ3v) is 3.54. The van der Waals surface area contributed by atoms with E-state index in [0.717, 1.165) is 5.56 Å². The first-order valence-corrected chi connectivity index (χ1v) is 7.42. The molecule has 23 heavy (non-hydrogen) atoms. The van der Waals surface area contributed by atoms with Gasteiger partial charge in [-0.3, -0.25) is 4.79 Å². The first-order chi connectivity index (χ1) is 10.7. The second-order valence-corrected chi connectivity index (χ2v) is 5.14. The molecule has 3 N–H and O–H groups in total. The van der Waals surface area contributed by atoms with E-state index < -0.39 is 6.10 Å². The van der Waals surface area contributed by atoms with Crippen molar-refractivity contribution in [3.63, 3.8) is 0 Å². The molecule has 0 heterocycles. The predicted octanol–water partition coefficient (Wildman–Crippen LogP) is -1.43. The van der Waals surface area contributed by atoms with E-state index in [1.165, 1.54) is 0 Å². The molecule has 0 saturated carbocycles. The van der Waals surface area contributed by atoms with Crippen LogP contribution < -0.4 is 22.5 Å². The standard InChI is InChI=1S/C18H21NO3.ClH/c1-22-16-9-5-8-15(12-16)17(20)10-11-19-13-18(21)14-6-3-2-4-7-14;/h2-9,12,18-19,21H,10-11,13H2,1H3;1H. The molecule has 2 aromatic rings.